The molecule has 1 atom stereocenters. The SMILES string of the molecule is CNC(CCN1CCN(CC(C)(C)O)CC1)C(C)(C)C. The second kappa shape index (κ2) is 7.21. The van der Waals surface area contributed by atoms with Crippen LogP contribution in [-0.4, -0.2) is 72.9 Å². The summed E-state index contributed by atoms with van der Waals surface area (Å²) in [5, 5.41) is 13.3. The van der Waals surface area contributed by atoms with E-state index in [2.05, 4.69) is 42.9 Å². The van der Waals surface area contributed by atoms with Gasteiger partial charge in [-0.3, -0.25) is 4.90 Å². The van der Waals surface area contributed by atoms with Crippen LogP contribution in [0.3, 0.4) is 0 Å². The molecule has 0 aromatic carbocycles. The Morgan fingerprint density at radius 3 is 1.90 bits per heavy atom. The summed E-state index contributed by atoms with van der Waals surface area (Å²) >= 11 is 0. The van der Waals surface area contributed by atoms with Gasteiger partial charge in [-0.1, -0.05) is 20.8 Å². The molecule has 0 saturated carbocycles. The number of β-amino-alcohol motifs (C(OH)–C–C–N with tert-alkyl or cyclic N) is 1. The molecule has 4 nitrogen and oxygen atoms in total. The van der Waals surface area contributed by atoms with Gasteiger partial charge in [-0.15, -0.1) is 0 Å². The lowest BCUT2D eigenvalue weighted by molar-refractivity contribution is 0.0168. The molecular formula is C16H35N3O. The first kappa shape index (κ1) is 17.9. The Balaban J connectivity index is 2.29. The van der Waals surface area contributed by atoms with E-state index in [4.69, 9.17) is 0 Å². The van der Waals surface area contributed by atoms with Crippen molar-refractivity contribution in [1.82, 2.24) is 15.1 Å². The molecule has 0 radical (unpaired) electrons. The van der Waals surface area contributed by atoms with E-state index in [1.807, 2.05) is 13.8 Å². The molecular weight excluding hydrogens is 250 g/mol. The highest BCUT2D eigenvalue weighted by Crippen LogP contribution is 2.22. The minimum absolute atomic E-state index is 0.317. The lowest BCUT2D eigenvalue weighted by Crippen LogP contribution is -2.51. The molecule has 1 aliphatic rings. The number of rotatable bonds is 6. The largest absolute Gasteiger partial charge is 0.389 e. The van der Waals surface area contributed by atoms with E-state index in [1.54, 1.807) is 0 Å². The molecule has 2 N–H and O–H groups in total. The molecule has 0 aromatic heterocycles. The highest BCUT2D eigenvalue weighted by atomic mass is 16.3. The van der Waals surface area contributed by atoms with E-state index in [0.717, 1.165) is 32.7 Å². The van der Waals surface area contributed by atoms with Crippen molar-refractivity contribution in [3.8, 4) is 0 Å². The van der Waals surface area contributed by atoms with Crippen LogP contribution in [-0.2, 0) is 0 Å². The lowest BCUT2D eigenvalue weighted by atomic mass is 9.85. The van der Waals surface area contributed by atoms with Crippen LogP contribution >= 0.6 is 0 Å². The summed E-state index contributed by atoms with van der Waals surface area (Å²) in [6.07, 6.45) is 1.20. The Labute approximate surface area is 125 Å². The average Bonchev–Trinajstić information content (AvgIpc) is 2.28. The van der Waals surface area contributed by atoms with Gasteiger partial charge < -0.3 is 15.3 Å². The minimum atomic E-state index is -0.578. The molecule has 0 aromatic rings. The summed E-state index contributed by atoms with van der Waals surface area (Å²) in [4.78, 5) is 4.92. The highest BCUT2D eigenvalue weighted by molar-refractivity contribution is 4.82. The fourth-order valence-corrected chi connectivity index (χ4v) is 3.04. The normalized spacial score (nSPS) is 21.1. The van der Waals surface area contributed by atoms with Gasteiger partial charge in [0.1, 0.15) is 0 Å². The Kier molecular flexibility index (Phi) is 6.45. The molecule has 0 bridgehead atoms. The second-order valence-electron chi connectivity index (χ2n) is 7.93. The Bertz CT molecular complexity index is 272. The Hall–Kier alpha value is -0.160. The smallest absolute Gasteiger partial charge is 0.0718 e. The third kappa shape index (κ3) is 6.53. The molecule has 1 aliphatic heterocycles. The fraction of sp³-hybridized carbons (Fsp3) is 1.00. The third-order valence-corrected chi connectivity index (χ3v) is 4.20. The predicted molar refractivity (Wildman–Crippen MR) is 86.1 cm³/mol. The van der Waals surface area contributed by atoms with E-state index in [1.165, 1.54) is 13.0 Å². The molecule has 0 amide bonds. The van der Waals surface area contributed by atoms with Crippen molar-refractivity contribution in [1.29, 1.82) is 0 Å². The summed E-state index contributed by atoms with van der Waals surface area (Å²) in [6, 6.07) is 0.567. The van der Waals surface area contributed by atoms with Gasteiger partial charge >= 0.3 is 0 Å². The van der Waals surface area contributed by atoms with E-state index in [9.17, 15) is 5.11 Å². The number of piperazine rings is 1. The number of nitrogens with zero attached hydrogens (tertiary/aromatic N) is 2. The molecule has 1 heterocycles. The van der Waals surface area contributed by atoms with Gasteiger partial charge in [-0.05, 0) is 39.3 Å². The Morgan fingerprint density at radius 2 is 1.50 bits per heavy atom. The van der Waals surface area contributed by atoms with Crippen LogP contribution in [0.15, 0.2) is 0 Å². The van der Waals surface area contributed by atoms with Crippen LogP contribution in [0.1, 0.15) is 41.0 Å². The second-order valence-corrected chi connectivity index (χ2v) is 7.93. The lowest BCUT2D eigenvalue weighted by Gasteiger charge is -2.38. The standard InChI is InChI=1S/C16H35N3O/c1-15(2,3)14(17-6)7-8-18-9-11-19(12-10-18)13-16(4,5)20/h14,17,20H,7-13H2,1-6H3. The first-order chi connectivity index (χ1) is 9.12. The number of hydrogen-bond acceptors (Lipinski definition) is 4. The molecule has 4 heteroatoms. The van der Waals surface area contributed by atoms with Gasteiger partial charge in [0, 0.05) is 38.8 Å². The Morgan fingerprint density at radius 1 is 1.00 bits per heavy atom. The molecule has 1 rings (SSSR count). The van der Waals surface area contributed by atoms with Gasteiger partial charge in [0.25, 0.3) is 0 Å². The summed E-state index contributed by atoms with van der Waals surface area (Å²) < 4.78 is 0. The van der Waals surface area contributed by atoms with E-state index < -0.39 is 5.60 Å². The van der Waals surface area contributed by atoms with Crippen molar-refractivity contribution in [2.24, 2.45) is 5.41 Å². The first-order valence-corrected chi connectivity index (χ1v) is 7.96. The van der Waals surface area contributed by atoms with Crippen LogP contribution in [0, 0.1) is 5.41 Å². The van der Waals surface area contributed by atoms with Crippen LogP contribution in [0.4, 0.5) is 0 Å². The monoisotopic (exact) mass is 285 g/mol. The van der Waals surface area contributed by atoms with Crippen LogP contribution in [0.25, 0.3) is 0 Å². The van der Waals surface area contributed by atoms with Crippen LogP contribution < -0.4 is 5.32 Å². The zero-order valence-corrected chi connectivity index (χ0v) is 14.4. The van der Waals surface area contributed by atoms with E-state index in [0.29, 0.717) is 11.5 Å². The molecule has 0 aliphatic carbocycles. The zero-order valence-electron chi connectivity index (χ0n) is 14.4. The topological polar surface area (TPSA) is 38.7 Å². The fourth-order valence-electron chi connectivity index (χ4n) is 3.04. The molecule has 1 saturated heterocycles. The van der Waals surface area contributed by atoms with Crippen molar-refractivity contribution in [2.45, 2.75) is 52.7 Å². The first-order valence-electron chi connectivity index (χ1n) is 7.96. The zero-order chi connectivity index (χ0) is 15.4. The van der Waals surface area contributed by atoms with Crippen molar-refractivity contribution in [3.63, 3.8) is 0 Å². The highest BCUT2D eigenvalue weighted by Gasteiger charge is 2.25. The van der Waals surface area contributed by atoms with Crippen LogP contribution in [0.2, 0.25) is 0 Å². The summed E-state index contributed by atoms with van der Waals surface area (Å²) in [5.74, 6) is 0. The van der Waals surface area contributed by atoms with Gasteiger partial charge in [0.15, 0.2) is 0 Å². The number of hydrogen-bond donors (Lipinski definition) is 2. The summed E-state index contributed by atoms with van der Waals surface area (Å²) in [5.41, 5.74) is -0.261. The quantitative estimate of drug-likeness (QED) is 0.774. The molecule has 20 heavy (non-hydrogen) atoms. The van der Waals surface area contributed by atoms with E-state index >= 15 is 0 Å². The minimum Gasteiger partial charge on any atom is -0.389 e. The summed E-state index contributed by atoms with van der Waals surface area (Å²) in [7, 11) is 2.07. The number of aliphatic hydroxyl groups is 1. The molecule has 1 fully saturated rings. The average molecular weight is 285 g/mol. The predicted octanol–water partition coefficient (Wildman–Crippen LogP) is 1.40. The van der Waals surface area contributed by atoms with Crippen molar-refractivity contribution >= 4 is 0 Å². The third-order valence-electron chi connectivity index (χ3n) is 4.20. The van der Waals surface area contributed by atoms with Crippen molar-refractivity contribution < 1.29 is 5.11 Å². The van der Waals surface area contributed by atoms with Crippen molar-refractivity contribution in [3.05, 3.63) is 0 Å². The van der Waals surface area contributed by atoms with Gasteiger partial charge in [-0.25, -0.2) is 0 Å². The van der Waals surface area contributed by atoms with Gasteiger partial charge in [-0.2, -0.15) is 0 Å². The maximum absolute atomic E-state index is 9.87. The van der Waals surface area contributed by atoms with Crippen LogP contribution in [0.5, 0.6) is 0 Å². The van der Waals surface area contributed by atoms with E-state index in [-0.39, 0.29) is 0 Å². The molecule has 0 spiro atoms. The molecule has 120 valence electrons. The molecule has 1 unspecified atom stereocenters. The van der Waals surface area contributed by atoms with Crippen molar-refractivity contribution in [2.75, 3.05) is 46.3 Å². The van der Waals surface area contributed by atoms with Gasteiger partial charge in [0.05, 0.1) is 5.60 Å². The maximum atomic E-state index is 9.87. The maximum Gasteiger partial charge on any atom is 0.0718 e. The number of nitrogens with one attached hydrogen (secondary N) is 1. The summed E-state index contributed by atoms with van der Waals surface area (Å²) in [6.45, 7) is 17.0. The van der Waals surface area contributed by atoms with Gasteiger partial charge in [0.2, 0.25) is 0 Å².